The summed E-state index contributed by atoms with van der Waals surface area (Å²) >= 11 is 0. The van der Waals surface area contributed by atoms with E-state index in [2.05, 4.69) is 15.0 Å². The Hall–Kier alpha value is -2.79. The van der Waals surface area contributed by atoms with Gasteiger partial charge in [-0.05, 0) is 37.5 Å². The van der Waals surface area contributed by atoms with Gasteiger partial charge in [0.15, 0.2) is 5.82 Å². The van der Waals surface area contributed by atoms with Gasteiger partial charge in [0, 0.05) is 18.7 Å². The quantitative estimate of drug-likeness (QED) is 0.744. The molecule has 2 amide bonds. The molecule has 4 bridgehead atoms. The maximum absolute atomic E-state index is 14.2. The predicted octanol–water partition coefficient (Wildman–Crippen LogP) is 2.30. The molecular weight excluding hydrogens is 430 g/mol. The summed E-state index contributed by atoms with van der Waals surface area (Å²) < 4.78 is 60.8. The van der Waals surface area contributed by atoms with Crippen LogP contribution in [-0.4, -0.2) is 48.7 Å². The average Bonchev–Trinajstić information content (AvgIpc) is 3.10. The van der Waals surface area contributed by atoms with Crippen LogP contribution >= 0.6 is 0 Å². The van der Waals surface area contributed by atoms with E-state index in [0.717, 1.165) is 5.56 Å². The van der Waals surface area contributed by atoms with Gasteiger partial charge in [-0.3, -0.25) is 0 Å². The fourth-order valence-electron chi connectivity index (χ4n) is 3.84. The molecule has 0 aliphatic carbocycles. The van der Waals surface area contributed by atoms with E-state index < -0.39 is 45.7 Å². The fourth-order valence-corrected chi connectivity index (χ4v) is 4.74. The number of rotatable bonds is 3. The second kappa shape index (κ2) is 8.39. The molecule has 31 heavy (non-hydrogen) atoms. The van der Waals surface area contributed by atoms with Crippen LogP contribution in [0.2, 0.25) is 0 Å². The Morgan fingerprint density at radius 2 is 2.10 bits per heavy atom. The second-order valence-corrected chi connectivity index (χ2v) is 9.54. The number of hydrogen-bond donors (Lipinski definition) is 2. The highest BCUT2D eigenvalue weighted by Gasteiger charge is 2.39. The van der Waals surface area contributed by atoms with E-state index in [4.69, 9.17) is 4.74 Å². The monoisotopic (exact) mass is 452 g/mol. The molecule has 1 fully saturated rings. The standard InChI is InChI=1S/C20H22F2N4O4S/c1-2-31(28,29)25-16-6-7-26-18(16)9-12-4-3-5-13(8-12)30-19-15(22)10-14(21)17(24-19)11-23-20(26)27/h3-5,8,10,16,18,25H,2,6-7,9,11H2,1H3,(H,23,27)/t16-,18-/m0/s1. The van der Waals surface area contributed by atoms with Gasteiger partial charge in [0.05, 0.1) is 24.0 Å². The number of nitrogens with zero attached hydrogens (tertiary/aromatic N) is 2. The van der Waals surface area contributed by atoms with Crippen molar-refractivity contribution in [3.8, 4) is 11.6 Å². The van der Waals surface area contributed by atoms with Crippen molar-refractivity contribution in [2.75, 3.05) is 12.3 Å². The zero-order valence-corrected chi connectivity index (χ0v) is 17.6. The number of aromatic nitrogens is 1. The summed E-state index contributed by atoms with van der Waals surface area (Å²) in [5.41, 5.74) is 0.601. The number of sulfonamides is 1. The summed E-state index contributed by atoms with van der Waals surface area (Å²) in [6.45, 7) is 1.60. The van der Waals surface area contributed by atoms with E-state index in [1.165, 1.54) is 4.90 Å². The Morgan fingerprint density at radius 3 is 2.87 bits per heavy atom. The first-order chi connectivity index (χ1) is 14.8. The normalized spacial score (nSPS) is 21.3. The summed E-state index contributed by atoms with van der Waals surface area (Å²) in [6.07, 6.45) is 0.796. The highest BCUT2D eigenvalue weighted by atomic mass is 32.2. The Bertz CT molecular complexity index is 1110. The van der Waals surface area contributed by atoms with Crippen LogP contribution < -0.4 is 14.8 Å². The lowest BCUT2D eigenvalue weighted by Gasteiger charge is -2.29. The van der Waals surface area contributed by atoms with E-state index in [9.17, 15) is 22.0 Å². The molecule has 2 aliphatic rings. The number of amides is 2. The molecule has 2 N–H and O–H groups in total. The molecule has 0 radical (unpaired) electrons. The highest BCUT2D eigenvalue weighted by Crippen LogP contribution is 2.28. The maximum atomic E-state index is 14.2. The van der Waals surface area contributed by atoms with Gasteiger partial charge in [-0.15, -0.1) is 0 Å². The second-order valence-electron chi connectivity index (χ2n) is 7.49. The van der Waals surface area contributed by atoms with Crippen molar-refractivity contribution in [3.05, 3.63) is 53.2 Å². The average molecular weight is 452 g/mol. The molecule has 0 spiro atoms. The van der Waals surface area contributed by atoms with Crippen LogP contribution in [0.15, 0.2) is 30.3 Å². The molecule has 8 nitrogen and oxygen atoms in total. The van der Waals surface area contributed by atoms with Gasteiger partial charge in [0.25, 0.3) is 5.88 Å². The molecule has 3 heterocycles. The summed E-state index contributed by atoms with van der Waals surface area (Å²) in [5, 5.41) is 2.60. The SMILES string of the molecule is CCS(=O)(=O)N[C@H]1CCN2C(=O)NCc3nc(c(F)cc3F)Oc3cccc(c3)C[C@@H]12. The first kappa shape index (κ1) is 21.4. The number of pyridine rings is 1. The third-order valence-electron chi connectivity index (χ3n) is 5.45. The van der Waals surface area contributed by atoms with Crippen LogP contribution in [0.4, 0.5) is 13.6 Å². The van der Waals surface area contributed by atoms with Crippen LogP contribution in [0.5, 0.6) is 11.6 Å². The topological polar surface area (TPSA) is 101 Å². The minimum absolute atomic E-state index is 0.0716. The largest absolute Gasteiger partial charge is 0.436 e. The molecule has 166 valence electrons. The van der Waals surface area contributed by atoms with Crippen molar-refractivity contribution in [2.45, 2.75) is 38.4 Å². The van der Waals surface area contributed by atoms with Gasteiger partial charge in [0.1, 0.15) is 11.6 Å². The van der Waals surface area contributed by atoms with E-state index in [1.54, 1.807) is 25.1 Å². The summed E-state index contributed by atoms with van der Waals surface area (Å²) in [4.78, 5) is 18.3. The third-order valence-corrected chi connectivity index (χ3v) is 6.87. The van der Waals surface area contributed by atoms with Crippen molar-refractivity contribution in [1.82, 2.24) is 19.9 Å². The summed E-state index contributed by atoms with van der Waals surface area (Å²) in [6, 6.07) is 6.05. The molecule has 1 aromatic heterocycles. The third kappa shape index (κ3) is 4.62. The molecule has 4 rings (SSSR count). The summed E-state index contributed by atoms with van der Waals surface area (Å²) in [5.74, 6) is -2.02. The van der Waals surface area contributed by atoms with Crippen LogP contribution in [0.1, 0.15) is 24.6 Å². The Balaban J connectivity index is 1.72. The zero-order chi connectivity index (χ0) is 22.2. The molecule has 0 saturated carbocycles. The fraction of sp³-hybridized carbons (Fsp3) is 0.400. The van der Waals surface area contributed by atoms with E-state index in [-0.39, 0.29) is 18.0 Å². The smallest absolute Gasteiger partial charge is 0.318 e. The van der Waals surface area contributed by atoms with Crippen molar-refractivity contribution in [3.63, 3.8) is 0 Å². The first-order valence-corrected chi connectivity index (χ1v) is 11.6. The minimum atomic E-state index is -3.48. The van der Waals surface area contributed by atoms with E-state index in [0.29, 0.717) is 31.2 Å². The molecule has 2 aromatic rings. The van der Waals surface area contributed by atoms with E-state index in [1.807, 2.05) is 6.07 Å². The van der Waals surface area contributed by atoms with Crippen molar-refractivity contribution >= 4 is 16.1 Å². The molecule has 11 heteroatoms. The van der Waals surface area contributed by atoms with Crippen molar-refractivity contribution < 1.29 is 26.7 Å². The number of hydrogen-bond acceptors (Lipinski definition) is 5. The Labute approximate surface area is 178 Å². The Morgan fingerprint density at radius 1 is 1.29 bits per heavy atom. The van der Waals surface area contributed by atoms with Gasteiger partial charge in [-0.2, -0.15) is 0 Å². The minimum Gasteiger partial charge on any atom is -0.436 e. The number of benzene rings is 1. The van der Waals surface area contributed by atoms with Crippen LogP contribution in [-0.2, 0) is 23.0 Å². The number of carbonyl (C=O) groups excluding carboxylic acids is 1. The molecule has 2 aliphatic heterocycles. The molecule has 2 atom stereocenters. The van der Waals surface area contributed by atoms with Crippen molar-refractivity contribution in [2.24, 2.45) is 0 Å². The van der Waals surface area contributed by atoms with Crippen molar-refractivity contribution in [1.29, 1.82) is 0 Å². The molecule has 1 saturated heterocycles. The van der Waals surface area contributed by atoms with Gasteiger partial charge in [0.2, 0.25) is 10.0 Å². The lowest BCUT2D eigenvalue weighted by Crippen LogP contribution is -2.50. The maximum Gasteiger partial charge on any atom is 0.318 e. The van der Waals surface area contributed by atoms with Gasteiger partial charge in [-0.1, -0.05) is 12.1 Å². The van der Waals surface area contributed by atoms with E-state index >= 15 is 0 Å². The number of ether oxygens (including phenoxy) is 1. The zero-order valence-electron chi connectivity index (χ0n) is 16.8. The highest BCUT2D eigenvalue weighted by molar-refractivity contribution is 7.89. The lowest BCUT2D eigenvalue weighted by atomic mass is 10.0. The van der Waals surface area contributed by atoms with Gasteiger partial charge >= 0.3 is 6.03 Å². The van der Waals surface area contributed by atoms with Gasteiger partial charge < -0.3 is 15.0 Å². The van der Waals surface area contributed by atoms with Gasteiger partial charge in [-0.25, -0.2) is 31.7 Å². The first-order valence-electron chi connectivity index (χ1n) is 9.92. The number of carbonyl (C=O) groups is 1. The van der Waals surface area contributed by atoms with Crippen LogP contribution in [0, 0.1) is 11.6 Å². The lowest BCUT2D eigenvalue weighted by molar-refractivity contribution is 0.188. The van der Waals surface area contributed by atoms with Crippen LogP contribution in [0.25, 0.3) is 0 Å². The Kier molecular flexibility index (Phi) is 5.80. The number of urea groups is 1. The predicted molar refractivity (Wildman–Crippen MR) is 108 cm³/mol. The summed E-state index contributed by atoms with van der Waals surface area (Å²) in [7, 11) is -3.48. The molecular formula is C20H22F2N4O4S. The number of fused-ring (bicyclic) bond motifs is 5. The number of halogens is 2. The van der Waals surface area contributed by atoms with Crippen LogP contribution in [0.3, 0.4) is 0 Å². The molecule has 0 unspecified atom stereocenters. The molecule has 1 aromatic carbocycles. The number of nitrogens with one attached hydrogen (secondary N) is 2.